The van der Waals surface area contributed by atoms with Crippen molar-refractivity contribution in [3.8, 4) is 11.4 Å². The second kappa shape index (κ2) is 5.80. The quantitative estimate of drug-likeness (QED) is 0.723. The molecule has 0 amide bonds. The molecule has 0 atom stereocenters. The minimum absolute atomic E-state index is 0.518. The number of nitrogen functional groups attached to an aromatic ring is 1. The lowest BCUT2D eigenvalue weighted by Gasteiger charge is -2.10. The molecule has 2 N–H and O–H groups in total. The van der Waals surface area contributed by atoms with E-state index in [9.17, 15) is 0 Å². The van der Waals surface area contributed by atoms with Gasteiger partial charge in [-0.15, -0.1) is 0 Å². The molecule has 5 heteroatoms. The van der Waals surface area contributed by atoms with Crippen LogP contribution < -0.4 is 5.73 Å². The van der Waals surface area contributed by atoms with Crippen molar-refractivity contribution in [2.45, 2.75) is 6.54 Å². The summed E-state index contributed by atoms with van der Waals surface area (Å²) in [5.74, 6) is 0.791. The Hall–Kier alpha value is -1.97. The maximum absolute atomic E-state index is 6.28. The standard InChI is InChI=1S/C16H13Cl2N3/c17-14-3-1-2-13(15(14)18)16-20-8-9-21(16)10-11-4-6-12(19)7-5-11/h1-9H,10,19H2. The number of hydrogen-bond acceptors (Lipinski definition) is 2. The predicted octanol–water partition coefficient (Wildman–Crippen LogP) is 4.49. The molecular formula is C16H13Cl2N3. The van der Waals surface area contributed by atoms with Crippen LogP contribution in [0.5, 0.6) is 0 Å². The number of halogens is 2. The van der Waals surface area contributed by atoms with E-state index in [1.165, 1.54) is 0 Å². The Balaban J connectivity index is 1.97. The average molecular weight is 318 g/mol. The first-order chi connectivity index (χ1) is 10.1. The van der Waals surface area contributed by atoms with Gasteiger partial charge in [0.15, 0.2) is 0 Å². The highest BCUT2D eigenvalue weighted by Crippen LogP contribution is 2.32. The van der Waals surface area contributed by atoms with Crippen molar-refractivity contribution in [2.75, 3.05) is 5.73 Å². The van der Waals surface area contributed by atoms with Crippen molar-refractivity contribution in [3.63, 3.8) is 0 Å². The zero-order valence-corrected chi connectivity index (χ0v) is 12.6. The topological polar surface area (TPSA) is 43.8 Å². The van der Waals surface area contributed by atoms with Gasteiger partial charge in [0.2, 0.25) is 0 Å². The molecule has 1 heterocycles. The zero-order valence-electron chi connectivity index (χ0n) is 11.1. The van der Waals surface area contributed by atoms with Crippen LogP contribution in [-0.2, 0) is 6.54 Å². The highest BCUT2D eigenvalue weighted by molar-refractivity contribution is 6.43. The van der Waals surface area contributed by atoms with Gasteiger partial charge in [0.05, 0.1) is 10.0 Å². The Labute approximate surface area is 132 Å². The van der Waals surface area contributed by atoms with E-state index in [-0.39, 0.29) is 0 Å². The maximum Gasteiger partial charge on any atom is 0.141 e. The number of benzene rings is 2. The zero-order chi connectivity index (χ0) is 14.8. The molecule has 3 rings (SSSR count). The molecule has 0 aliphatic heterocycles. The van der Waals surface area contributed by atoms with Crippen LogP contribution >= 0.6 is 23.2 Å². The lowest BCUT2D eigenvalue weighted by atomic mass is 10.2. The van der Waals surface area contributed by atoms with E-state index in [0.717, 1.165) is 22.6 Å². The Morgan fingerprint density at radius 1 is 1.05 bits per heavy atom. The van der Waals surface area contributed by atoms with Gasteiger partial charge in [-0.05, 0) is 29.8 Å². The Morgan fingerprint density at radius 2 is 1.81 bits per heavy atom. The molecule has 3 aromatic rings. The summed E-state index contributed by atoms with van der Waals surface area (Å²) in [6.07, 6.45) is 3.67. The summed E-state index contributed by atoms with van der Waals surface area (Å²) >= 11 is 12.4. The molecule has 106 valence electrons. The number of nitrogens with two attached hydrogens (primary N) is 1. The molecule has 2 aromatic carbocycles. The Bertz CT molecular complexity index is 763. The fraction of sp³-hybridized carbons (Fsp3) is 0.0625. The van der Waals surface area contributed by atoms with Gasteiger partial charge < -0.3 is 10.3 Å². The van der Waals surface area contributed by atoms with Gasteiger partial charge in [0.25, 0.3) is 0 Å². The van der Waals surface area contributed by atoms with Crippen LogP contribution in [-0.4, -0.2) is 9.55 Å². The molecule has 0 aliphatic rings. The van der Waals surface area contributed by atoms with Gasteiger partial charge in [0.1, 0.15) is 5.82 Å². The summed E-state index contributed by atoms with van der Waals surface area (Å²) in [6.45, 7) is 0.693. The van der Waals surface area contributed by atoms with Crippen LogP contribution in [0, 0.1) is 0 Å². The number of imidazole rings is 1. The molecule has 21 heavy (non-hydrogen) atoms. The van der Waals surface area contributed by atoms with Crippen LogP contribution in [0.4, 0.5) is 5.69 Å². The predicted molar refractivity (Wildman–Crippen MR) is 87.6 cm³/mol. The molecule has 0 unspecified atom stereocenters. The van der Waals surface area contributed by atoms with E-state index in [1.807, 2.05) is 47.2 Å². The molecule has 0 saturated heterocycles. The smallest absolute Gasteiger partial charge is 0.141 e. The largest absolute Gasteiger partial charge is 0.399 e. The molecule has 1 aromatic heterocycles. The fourth-order valence-corrected chi connectivity index (χ4v) is 2.56. The number of anilines is 1. The van der Waals surface area contributed by atoms with Crippen molar-refractivity contribution in [3.05, 3.63) is 70.5 Å². The summed E-state index contributed by atoms with van der Waals surface area (Å²) in [6, 6.07) is 13.3. The van der Waals surface area contributed by atoms with Crippen LogP contribution in [0.2, 0.25) is 10.0 Å². The molecule has 0 bridgehead atoms. The van der Waals surface area contributed by atoms with E-state index < -0.39 is 0 Å². The van der Waals surface area contributed by atoms with Crippen molar-refractivity contribution < 1.29 is 0 Å². The van der Waals surface area contributed by atoms with E-state index in [2.05, 4.69) is 4.98 Å². The highest BCUT2D eigenvalue weighted by atomic mass is 35.5. The van der Waals surface area contributed by atoms with E-state index in [4.69, 9.17) is 28.9 Å². The average Bonchev–Trinajstić information content (AvgIpc) is 2.92. The third-order valence-electron chi connectivity index (χ3n) is 3.24. The van der Waals surface area contributed by atoms with Crippen molar-refractivity contribution >= 4 is 28.9 Å². The van der Waals surface area contributed by atoms with Gasteiger partial charge in [-0.2, -0.15) is 0 Å². The molecule has 0 radical (unpaired) electrons. The highest BCUT2D eigenvalue weighted by Gasteiger charge is 2.12. The molecule has 3 nitrogen and oxygen atoms in total. The maximum atomic E-state index is 6.28. The second-order valence-corrected chi connectivity index (χ2v) is 5.51. The lowest BCUT2D eigenvalue weighted by molar-refractivity contribution is 0.807. The SMILES string of the molecule is Nc1ccc(Cn2ccnc2-c2cccc(Cl)c2Cl)cc1. The number of nitrogens with zero attached hydrogens (tertiary/aromatic N) is 2. The normalized spacial score (nSPS) is 10.8. The van der Waals surface area contributed by atoms with Crippen molar-refractivity contribution in [1.29, 1.82) is 0 Å². The molecule has 0 aliphatic carbocycles. The molecular weight excluding hydrogens is 305 g/mol. The Morgan fingerprint density at radius 3 is 2.57 bits per heavy atom. The summed E-state index contributed by atoms with van der Waals surface area (Å²) in [5, 5.41) is 1.04. The fourth-order valence-electron chi connectivity index (χ4n) is 2.18. The van der Waals surface area contributed by atoms with Crippen LogP contribution in [0.1, 0.15) is 5.56 Å². The monoisotopic (exact) mass is 317 g/mol. The van der Waals surface area contributed by atoms with Gasteiger partial charge in [-0.25, -0.2) is 4.98 Å². The van der Waals surface area contributed by atoms with E-state index in [0.29, 0.717) is 16.6 Å². The van der Waals surface area contributed by atoms with Crippen LogP contribution in [0.3, 0.4) is 0 Å². The third kappa shape index (κ3) is 2.89. The summed E-state index contributed by atoms with van der Waals surface area (Å²) in [7, 11) is 0. The summed E-state index contributed by atoms with van der Waals surface area (Å²) < 4.78 is 2.03. The molecule has 0 spiro atoms. The second-order valence-electron chi connectivity index (χ2n) is 4.72. The van der Waals surface area contributed by atoms with Crippen LogP contribution in [0.25, 0.3) is 11.4 Å². The van der Waals surface area contributed by atoms with Gasteiger partial charge >= 0.3 is 0 Å². The Kier molecular flexibility index (Phi) is 3.86. The van der Waals surface area contributed by atoms with E-state index >= 15 is 0 Å². The number of aromatic nitrogens is 2. The van der Waals surface area contributed by atoms with Gasteiger partial charge in [-0.3, -0.25) is 0 Å². The number of rotatable bonds is 3. The van der Waals surface area contributed by atoms with Crippen LogP contribution in [0.15, 0.2) is 54.9 Å². The first kappa shape index (κ1) is 14.0. The minimum atomic E-state index is 0.518. The molecule has 0 fully saturated rings. The lowest BCUT2D eigenvalue weighted by Crippen LogP contribution is -2.01. The summed E-state index contributed by atoms with van der Waals surface area (Å²) in [5.41, 5.74) is 8.42. The van der Waals surface area contributed by atoms with Gasteiger partial charge in [0, 0.05) is 30.2 Å². The third-order valence-corrected chi connectivity index (χ3v) is 4.06. The van der Waals surface area contributed by atoms with E-state index in [1.54, 1.807) is 12.3 Å². The number of hydrogen-bond donors (Lipinski definition) is 1. The van der Waals surface area contributed by atoms with Gasteiger partial charge in [-0.1, -0.05) is 41.4 Å². The van der Waals surface area contributed by atoms with Crippen molar-refractivity contribution in [1.82, 2.24) is 9.55 Å². The minimum Gasteiger partial charge on any atom is -0.399 e. The first-order valence-corrected chi connectivity index (χ1v) is 7.20. The molecule has 0 saturated carbocycles. The summed E-state index contributed by atoms with van der Waals surface area (Å²) in [4.78, 5) is 4.40. The first-order valence-electron chi connectivity index (χ1n) is 6.45. The van der Waals surface area contributed by atoms with Crippen molar-refractivity contribution in [2.24, 2.45) is 0 Å².